The van der Waals surface area contributed by atoms with Crippen molar-refractivity contribution >= 4 is 0 Å². The molecule has 0 aromatic heterocycles. The fourth-order valence-electron chi connectivity index (χ4n) is 1.93. The van der Waals surface area contributed by atoms with E-state index in [1.807, 2.05) is 0 Å². The molecule has 0 aliphatic heterocycles. The van der Waals surface area contributed by atoms with Crippen molar-refractivity contribution in [2.75, 3.05) is 0 Å². The summed E-state index contributed by atoms with van der Waals surface area (Å²) >= 11 is 0. The molecule has 2 aliphatic carbocycles. The summed E-state index contributed by atoms with van der Waals surface area (Å²) in [6.45, 7) is 0. The molecular weight excluding hydrogens is 149 g/mol. The molecule has 2 bridgehead atoms. The van der Waals surface area contributed by atoms with Crippen molar-refractivity contribution in [1.82, 2.24) is 0 Å². The van der Waals surface area contributed by atoms with E-state index in [1.165, 1.54) is 25.7 Å². The van der Waals surface area contributed by atoms with Crippen molar-refractivity contribution in [1.29, 1.82) is 0 Å². The smallest absolute Gasteiger partial charge is 0 e. The van der Waals surface area contributed by atoms with Crippen LogP contribution >= 0.6 is 0 Å². The molecule has 2 atom stereocenters. The summed E-state index contributed by atoms with van der Waals surface area (Å²) in [5.74, 6) is 2.16. The first-order chi connectivity index (χ1) is 3.45. The van der Waals surface area contributed by atoms with Gasteiger partial charge in [0, 0.05) is 19.5 Å². The van der Waals surface area contributed by atoms with Crippen molar-refractivity contribution in [2.24, 2.45) is 11.8 Å². The fraction of sp³-hybridized carbons (Fsp3) is 0.857. The zero-order chi connectivity index (χ0) is 4.69. The third kappa shape index (κ3) is 0.979. The Morgan fingerprint density at radius 2 is 2.12 bits per heavy atom. The molecule has 2 rings (SSSR count). The van der Waals surface area contributed by atoms with Gasteiger partial charge >= 0.3 is 0 Å². The molecule has 0 radical (unpaired) electrons. The Morgan fingerprint density at radius 1 is 1.25 bits per heavy atom. The van der Waals surface area contributed by atoms with Crippen molar-refractivity contribution in [3.05, 3.63) is 6.42 Å². The van der Waals surface area contributed by atoms with Crippen LogP contribution in [0.2, 0.25) is 0 Å². The summed E-state index contributed by atoms with van der Waals surface area (Å²) < 4.78 is 0. The average molecular weight is 161 g/mol. The first-order valence-corrected chi connectivity index (χ1v) is 3.28. The maximum absolute atomic E-state index is 2.51. The van der Waals surface area contributed by atoms with E-state index >= 15 is 0 Å². The minimum absolute atomic E-state index is 0. The molecule has 1 heteroatoms. The Hall–Kier alpha value is 0.623. The van der Waals surface area contributed by atoms with Crippen LogP contribution in [-0.4, -0.2) is 0 Å². The molecule has 0 saturated heterocycles. The Balaban J connectivity index is 0.000000320. The van der Waals surface area contributed by atoms with Crippen molar-refractivity contribution < 1.29 is 19.5 Å². The van der Waals surface area contributed by atoms with E-state index in [9.17, 15) is 0 Å². The molecule has 0 N–H and O–H groups in total. The summed E-state index contributed by atoms with van der Waals surface area (Å²) in [7, 11) is 0. The van der Waals surface area contributed by atoms with Crippen LogP contribution in [0.4, 0.5) is 0 Å². The van der Waals surface area contributed by atoms with E-state index in [1.54, 1.807) is 0 Å². The molecule has 2 fully saturated rings. The minimum Gasteiger partial charge on any atom is -0.325 e. The second-order valence-corrected chi connectivity index (χ2v) is 2.91. The number of fused-ring (bicyclic) bond motifs is 2. The van der Waals surface area contributed by atoms with Gasteiger partial charge in [0.15, 0.2) is 0 Å². The third-order valence-electron chi connectivity index (χ3n) is 2.38. The molecule has 2 unspecified atom stereocenters. The number of hydrogen-bond acceptors (Lipinski definition) is 0. The molecule has 0 nitrogen and oxygen atoms in total. The second-order valence-electron chi connectivity index (χ2n) is 2.91. The van der Waals surface area contributed by atoms with Gasteiger partial charge in [-0.3, -0.25) is 0 Å². The molecule has 42 valence electrons. The molecule has 2 saturated carbocycles. The third-order valence-corrected chi connectivity index (χ3v) is 2.38. The molecule has 2 aliphatic rings. The Labute approximate surface area is 63.8 Å². The minimum atomic E-state index is 0. The number of rotatable bonds is 0. The standard InChI is InChI=1S/C7H11.Zn/c1-2-7-4-3-6(1)5-7;/h1,6-7H,2-5H2;/q-1;. The molecule has 8 heavy (non-hydrogen) atoms. The normalized spacial score (nSPS) is 42.0. The van der Waals surface area contributed by atoms with Crippen molar-refractivity contribution in [3.63, 3.8) is 0 Å². The van der Waals surface area contributed by atoms with Crippen LogP contribution in [0.3, 0.4) is 0 Å². The summed E-state index contributed by atoms with van der Waals surface area (Å²) in [4.78, 5) is 0. The quantitative estimate of drug-likeness (QED) is 0.376. The Kier molecular flexibility index (Phi) is 2.09. The molecule has 0 spiro atoms. The van der Waals surface area contributed by atoms with Gasteiger partial charge < -0.3 is 6.42 Å². The number of hydrogen-bond donors (Lipinski definition) is 0. The van der Waals surface area contributed by atoms with E-state index < -0.39 is 0 Å². The van der Waals surface area contributed by atoms with Crippen LogP contribution in [0.15, 0.2) is 0 Å². The summed E-state index contributed by atoms with van der Waals surface area (Å²) in [6, 6.07) is 0. The molecule has 0 aromatic carbocycles. The van der Waals surface area contributed by atoms with Gasteiger partial charge in [0.05, 0.1) is 0 Å². The zero-order valence-electron chi connectivity index (χ0n) is 5.27. The summed E-state index contributed by atoms with van der Waals surface area (Å²) in [5.41, 5.74) is 0. The SMILES string of the molecule is [CH-]1CC2CCC1C2.[Zn]. The van der Waals surface area contributed by atoms with E-state index in [0.717, 1.165) is 11.8 Å². The zero-order valence-corrected chi connectivity index (χ0v) is 8.23. The van der Waals surface area contributed by atoms with Crippen molar-refractivity contribution in [3.8, 4) is 0 Å². The first kappa shape index (κ1) is 6.74. The topological polar surface area (TPSA) is 0 Å². The molecule has 0 aromatic rings. The monoisotopic (exact) mass is 159 g/mol. The maximum Gasteiger partial charge on any atom is 0 e. The van der Waals surface area contributed by atoms with Gasteiger partial charge in [-0.15, -0.1) is 0 Å². The predicted octanol–water partition coefficient (Wildman–Crippen LogP) is 2.01. The second kappa shape index (κ2) is 2.48. The first-order valence-electron chi connectivity index (χ1n) is 3.28. The fourth-order valence-corrected chi connectivity index (χ4v) is 1.93. The van der Waals surface area contributed by atoms with Crippen LogP contribution in [0.5, 0.6) is 0 Å². The Morgan fingerprint density at radius 3 is 2.25 bits per heavy atom. The molecule has 0 amide bonds. The van der Waals surface area contributed by atoms with Gasteiger partial charge in [-0.2, -0.15) is 12.3 Å². The van der Waals surface area contributed by atoms with Crippen LogP contribution in [0.25, 0.3) is 0 Å². The van der Waals surface area contributed by atoms with E-state index in [0.29, 0.717) is 0 Å². The molecule has 0 heterocycles. The largest absolute Gasteiger partial charge is 0.325 e. The van der Waals surface area contributed by atoms with Crippen LogP contribution < -0.4 is 0 Å². The van der Waals surface area contributed by atoms with Gasteiger partial charge in [-0.1, -0.05) is 25.2 Å². The van der Waals surface area contributed by atoms with Crippen LogP contribution in [0, 0.1) is 18.3 Å². The maximum atomic E-state index is 2.51. The van der Waals surface area contributed by atoms with Gasteiger partial charge in [0.25, 0.3) is 0 Å². The van der Waals surface area contributed by atoms with E-state index in [4.69, 9.17) is 0 Å². The van der Waals surface area contributed by atoms with Crippen LogP contribution in [-0.2, 0) is 19.5 Å². The van der Waals surface area contributed by atoms with Gasteiger partial charge in [-0.05, 0) is 0 Å². The average Bonchev–Trinajstić information content (AvgIpc) is 2.22. The van der Waals surface area contributed by atoms with E-state index in [-0.39, 0.29) is 19.5 Å². The molecular formula is C7H11Zn-. The van der Waals surface area contributed by atoms with Crippen molar-refractivity contribution in [2.45, 2.75) is 25.7 Å². The predicted molar refractivity (Wildman–Crippen MR) is 29.7 cm³/mol. The van der Waals surface area contributed by atoms with Gasteiger partial charge in [0.1, 0.15) is 0 Å². The Bertz CT molecular complexity index is 62.5. The summed E-state index contributed by atoms with van der Waals surface area (Å²) in [6.07, 6.45) is 8.50. The summed E-state index contributed by atoms with van der Waals surface area (Å²) in [5, 5.41) is 0. The van der Waals surface area contributed by atoms with Gasteiger partial charge in [0.2, 0.25) is 0 Å². The van der Waals surface area contributed by atoms with E-state index in [2.05, 4.69) is 6.42 Å². The van der Waals surface area contributed by atoms with Crippen LogP contribution in [0.1, 0.15) is 25.7 Å². The van der Waals surface area contributed by atoms with Gasteiger partial charge in [-0.25, -0.2) is 0 Å².